The van der Waals surface area contributed by atoms with Crippen LogP contribution in [0, 0.1) is 6.92 Å². The predicted octanol–water partition coefficient (Wildman–Crippen LogP) is 3.83. The minimum atomic E-state index is 0.264. The molecule has 1 aliphatic heterocycles. The largest absolute Gasteiger partial charge is 0.340 e. The van der Waals surface area contributed by atoms with E-state index in [0.717, 1.165) is 23.5 Å². The van der Waals surface area contributed by atoms with E-state index < -0.39 is 0 Å². The Labute approximate surface area is 115 Å². The van der Waals surface area contributed by atoms with Crippen LogP contribution in [-0.4, -0.2) is 15.7 Å². The highest BCUT2D eigenvalue weighted by Gasteiger charge is 2.12. The van der Waals surface area contributed by atoms with Crippen molar-refractivity contribution in [1.82, 2.24) is 9.97 Å². The van der Waals surface area contributed by atoms with Gasteiger partial charge in [-0.15, -0.1) is 11.8 Å². The molecule has 18 heavy (non-hydrogen) atoms. The number of anilines is 2. The van der Waals surface area contributed by atoms with Crippen molar-refractivity contribution in [2.45, 2.75) is 18.2 Å². The van der Waals surface area contributed by atoms with Gasteiger partial charge in [-0.2, -0.15) is 0 Å². The van der Waals surface area contributed by atoms with Crippen LogP contribution in [0.5, 0.6) is 0 Å². The lowest BCUT2D eigenvalue weighted by molar-refractivity contribution is 1.12. The molecular formula is C13H12ClN3S. The van der Waals surface area contributed by atoms with E-state index >= 15 is 0 Å². The van der Waals surface area contributed by atoms with Crippen LogP contribution >= 0.6 is 23.4 Å². The lowest BCUT2D eigenvalue weighted by atomic mass is 10.1. The molecule has 1 aromatic carbocycles. The van der Waals surface area contributed by atoms with Crippen LogP contribution in [0.4, 0.5) is 11.5 Å². The molecule has 3 rings (SSSR count). The first-order chi connectivity index (χ1) is 8.72. The third-order valence-electron chi connectivity index (χ3n) is 2.89. The van der Waals surface area contributed by atoms with Gasteiger partial charge in [0.05, 0.1) is 0 Å². The molecule has 3 nitrogen and oxygen atoms in total. The Kier molecular flexibility index (Phi) is 3.14. The van der Waals surface area contributed by atoms with E-state index in [9.17, 15) is 0 Å². The Morgan fingerprint density at radius 2 is 2.28 bits per heavy atom. The first-order valence-electron chi connectivity index (χ1n) is 5.74. The molecule has 0 spiro atoms. The van der Waals surface area contributed by atoms with Gasteiger partial charge < -0.3 is 5.32 Å². The molecule has 0 atom stereocenters. The molecular weight excluding hydrogens is 266 g/mol. The smallest absolute Gasteiger partial charge is 0.224 e. The first-order valence-corrected chi connectivity index (χ1v) is 7.10. The summed E-state index contributed by atoms with van der Waals surface area (Å²) in [5.74, 6) is 1.94. The molecule has 1 aliphatic rings. The van der Waals surface area contributed by atoms with Crippen molar-refractivity contribution in [2.75, 3.05) is 11.1 Å². The highest BCUT2D eigenvalue weighted by atomic mass is 35.5. The summed E-state index contributed by atoms with van der Waals surface area (Å²) in [6.07, 6.45) is 2.86. The molecule has 0 aliphatic carbocycles. The zero-order chi connectivity index (χ0) is 12.5. The topological polar surface area (TPSA) is 37.8 Å². The summed E-state index contributed by atoms with van der Waals surface area (Å²) in [5.41, 5.74) is 3.44. The molecule has 0 unspecified atom stereocenters. The summed E-state index contributed by atoms with van der Waals surface area (Å²) in [5, 5.41) is 3.56. The second-order valence-electron chi connectivity index (χ2n) is 4.22. The number of hydrogen-bond donors (Lipinski definition) is 1. The summed E-state index contributed by atoms with van der Waals surface area (Å²) >= 11 is 7.73. The van der Waals surface area contributed by atoms with Gasteiger partial charge in [0.25, 0.3) is 0 Å². The summed E-state index contributed by atoms with van der Waals surface area (Å²) < 4.78 is 0. The third kappa shape index (κ3) is 2.31. The maximum absolute atomic E-state index is 5.81. The van der Waals surface area contributed by atoms with Crippen molar-refractivity contribution < 1.29 is 0 Å². The zero-order valence-electron chi connectivity index (χ0n) is 9.90. The second kappa shape index (κ2) is 4.78. The fraction of sp³-hybridized carbons (Fsp3) is 0.231. The van der Waals surface area contributed by atoms with E-state index in [-0.39, 0.29) is 5.28 Å². The number of aryl methyl sites for hydroxylation is 2. The van der Waals surface area contributed by atoms with Gasteiger partial charge in [-0.1, -0.05) is 0 Å². The zero-order valence-corrected chi connectivity index (χ0v) is 11.5. The average molecular weight is 278 g/mol. The minimum absolute atomic E-state index is 0.264. The van der Waals surface area contributed by atoms with E-state index in [2.05, 4.69) is 33.5 Å². The monoisotopic (exact) mass is 277 g/mol. The van der Waals surface area contributed by atoms with Crippen LogP contribution in [0.3, 0.4) is 0 Å². The molecule has 0 fully saturated rings. The fourth-order valence-corrected chi connectivity index (χ4v) is 3.13. The highest BCUT2D eigenvalue weighted by molar-refractivity contribution is 7.99. The highest BCUT2D eigenvalue weighted by Crippen LogP contribution is 2.33. The van der Waals surface area contributed by atoms with Crippen LogP contribution in [0.15, 0.2) is 29.3 Å². The molecule has 5 heteroatoms. The van der Waals surface area contributed by atoms with Gasteiger partial charge >= 0.3 is 0 Å². The first kappa shape index (κ1) is 11.8. The molecule has 1 N–H and O–H groups in total. The number of nitrogens with zero attached hydrogens (tertiary/aromatic N) is 2. The average Bonchev–Trinajstić information content (AvgIpc) is 2.81. The Morgan fingerprint density at radius 1 is 1.39 bits per heavy atom. The SMILES string of the molecule is Cc1cnc(Cl)nc1Nc1ccc2c(c1)CCS2. The van der Waals surface area contributed by atoms with Gasteiger partial charge in [0, 0.05) is 28.1 Å². The van der Waals surface area contributed by atoms with Crippen LogP contribution in [0.25, 0.3) is 0 Å². The number of hydrogen-bond acceptors (Lipinski definition) is 4. The third-order valence-corrected chi connectivity index (χ3v) is 4.19. The Balaban J connectivity index is 1.90. The maximum Gasteiger partial charge on any atom is 0.224 e. The lowest BCUT2D eigenvalue weighted by Gasteiger charge is -2.09. The molecule has 1 aromatic heterocycles. The van der Waals surface area contributed by atoms with Crippen LogP contribution < -0.4 is 5.32 Å². The van der Waals surface area contributed by atoms with E-state index in [1.54, 1.807) is 6.20 Å². The van der Waals surface area contributed by atoms with Gasteiger partial charge in [-0.05, 0) is 48.7 Å². The quantitative estimate of drug-likeness (QED) is 0.847. The Hall–Kier alpha value is -1.26. The molecule has 2 aromatic rings. The fourth-order valence-electron chi connectivity index (χ4n) is 1.95. The van der Waals surface area contributed by atoms with Crippen molar-refractivity contribution in [2.24, 2.45) is 0 Å². The van der Waals surface area contributed by atoms with Crippen LogP contribution in [-0.2, 0) is 6.42 Å². The van der Waals surface area contributed by atoms with Crippen molar-refractivity contribution in [3.05, 3.63) is 40.8 Å². The molecule has 0 amide bonds. The molecule has 92 valence electrons. The molecule has 0 bridgehead atoms. The Morgan fingerprint density at radius 3 is 3.17 bits per heavy atom. The Bertz CT molecular complexity index is 601. The van der Waals surface area contributed by atoms with Crippen molar-refractivity contribution in [1.29, 1.82) is 0 Å². The predicted molar refractivity (Wildman–Crippen MR) is 75.9 cm³/mol. The maximum atomic E-state index is 5.81. The normalized spacial score (nSPS) is 13.4. The van der Waals surface area contributed by atoms with Gasteiger partial charge in [0.15, 0.2) is 0 Å². The van der Waals surface area contributed by atoms with Crippen molar-refractivity contribution in [3.63, 3.8) is 0 Å². The van der Waals surface area contributed by atoms with Gasteiger partial charge in [-0.3, -0.25) is 0 Å². The number of fused-ring (bicyclic) bond motifs is 1. The molecule has 0 saturated heterocycles. The van der Waals surface area contributed by atoms with Crippen molar-refractivity contribution in [3.8, 4) is 0 Å². The summed E-state index contributed by atoms with van der Waals surface area (Å²) in [6.45, 7) is 1.96. The molecule has 0 saturated carbocycles. The lowest BCUT2D eigenvalue weighted by Crippen LogP contribution is -1.98. The van der Waals surface area contributed by atoms with Crippen LogP contribution in [0.2, 0.25) is 5.28 Å². The van der Waals surface area contributed by atoms with Gasteiger partial charge in [0.2, 0.25) is 5.28 Å². The summed E-state index contributed by atoms with van der Waals surface area (Å²) in [6, 6.07) is 6.42. The van der Waals surface area contributed by atoms with E-state index in [0.29, 0.717) is 0 Å². The number of rotatable bonds is 2. The van der Waals surface area contributed by atoms with E-state index in [4.69, 9.17) is 11.6 Å². The number of aromatic nitrogens is 2. The van der Waals surface area contributed by atoms with Gasteiger partial charge in [0.1, 0.15) is 5.82 Å². The number of benzene rings is 1. The summed E-state index contributed by atoms with van der Waals surface area (Å²) in [7, 11) is 0. The molecule has 0 radical (unpaired) electrons. The van der Waals surface area contributed by atoms with Gasteiger partial charge in [-0.25, -0.2) is 9.97 Å². The summed E-state index contributed by atoms with van der Waals surface area (Å²) in [4.78, 5) is 9.54. The van der Waals surface area contributed by atoms with E-state index in [1.807, 2.05) is 18.7 Å². The number of halogens is 1. The standard InChI is InChI=1S/C13H12ClN3S/c1-8-7-15-13(14)17-12(8)16-10-2-3-11-9(6-10)4-5-18-11/h2-3,6-7H,4-5H2,1H3,(H,15,16,17). The second-order valence-corrected chi connectivity index (χ2v) is 5.69. The number of nitrogens with one attached hydrogen (secondary N) is 1. The molecule has 2 heterocycles. The van der Waals surface area contributed by atoms with E-state index in [1.165, 1.54) is 16.2 Å². The van der Waals surface area contributed by atoms with Crippen LogP contribution in [0.1, 0.15) is 11.1 Å². The minimum Gasteiger partial charge on any atom is -0.340 e. The number of thioether (sulfide) groups is 1. The van der Waals surface area contributed by atoms with Crippen molar-refractivity contribution >= 4 is 34.9 Å².